The number of fused-ring (bicyclic) bond motifs is 2. The number of hydrogen-bond acceptors (Lipinski definition) is 5. The van der Waals surface area contributed by atoms with E-state index in [0.29, 0.717) is 23.6 Å². The highest BCUT2D eigenvalue weighted by molar-refractivity contribution is 5.93. The van der Waals surface area contributed by atoms with Crippen LogP contribution in [0, 0.1) is 23.2 Å². The largest absolute Gasteiger partial charge is 0.454 e. The maximum Gasteiger partial charge on any atom is 0.410 e. The van der Waals surface area contributed by atoms with Gasteiger partial charge < -0.3 is 20.1 Å². The van der Waals surface area contributed by atoms with Crippen molar-refractivity contribution in [2.24, 2.45) is 23.2 Å². The summed E-state index contributed by atoms with van der Waals surface area (Å²) in [5, 5.41) is 10.3. The number of carbonyl (C=O) groups excluding carboxylic acids is 1. The van der Waals surface area contributed by atoms with E-state index in [0.717, 1.165) is 41.7 Å². The second kappa shape index (κ2) is 7.79. The van der Waals surface area contributed by atoms with Gasteiger partial charge in [0.15, 0.2) is 23.2 Å². The van der Waals surface area contributed by atoms with E-state index in [-0.39, 0.29) is 30.1 Å². The molecule has 4 aliphatic carbocycles. The molecule has 36 heavy (non-hydrogen) atoms. The van der Waals surface area contributed by atoms with Gasteiger partial charge in [0, 0.05) is 19.0 Å². The Balaban J connectivity index is 1.11. The SMILES string of the molecule is O=C(NCC12CC3CC(CC(C3)C1)C2)c1cc2n(n1)[C@@H](C(F)(F)F)C[C@@H](c1ccc3c(c1)OCO3)N2. The van der Waals surface area contributed by atoms with E-state index in [1.54, 1.807) is 18.2 Å². The summed E-state index contributed by atoms with van der Waals surface area (Å²) in [6.45, 7) is 0.671. The summed E-state index contributed by atoms with van der Waals surface area (Å²) in [7, 11) is 0. The molecule has 0 saturated heterocycles. The summed E-state index contributed by atoms with van der Waals surface area (Å²) in [5.41, 5.74) is 0.817. The summed E-state index contributed by atoms with van der Waals surface area (Å²) in [6, 6.07) is 4.14. The Bertz CT molecular complexity index is 1170. The summed E-state index contributed by atoms with van der Waals surface area (Å²) in [5.74, 6) is 3.15. The molecule has 4 saturated carbocycles. The van der Waals surface area contributed by atoms with Crippen LogP contribution >= 0.6 is 0 Å². The number of aromatic nitrogens is 2. The fourth-order valence-corrected chi connectivity index (χ4v) is 7.90. The molecular formula is C26H29F3N4O3. The highest BCUT2D eigenvalue weighted by Crippen LogP contribution is 2.59. The Morgan fingerprint density at radius 1 is 1.06 bits per heavy atom. The van der Waals surface area contributed by atoms with E-state index >= 15 is 0 Å². The van der Waals surface area contributed by atoms with Gasteiger partial charge in [-0.3, -0.25) is 4.79 Å². The number of carbonyl (C=O) groups is 1. The molecular weight excluding hydrogens is 473 g/mol. The van der Waals surface area contributed by atoms with E-state index in [9.17, 15) is 18.0 Å². The van der Waals surface area contributed by atoms with Crippen molar-refractivity contribution in [3.05, 3.63) is 35.5 Å². The zero-order valence-corrected chi connectivity index (χ0v) is 19.8. The van der Waals surface area contributed by atoms with Gasteiger partial charge in [-0.15, -0.1) is 0 Å². The lowest BCUT2D eigenvalue weighted by atomic mass is 9.49. The van der Waals surface area contributed by atoms with Crippen molar-refractivity contribution in [3.63, 3.8) is 0 Å². The number of hydrogen-bond donors (Lipinski definition) is 2. The third kappa shape index (κ3) is 3.71. The molecule has 2 aliphatic heterocycles. The Kier molecular flexibility index (Phi) is 4.83. The van der Waals surface area contributed by atoms with Gasteiger partial charge in [0.2, 0.25) is 6.79 Å². The molecule has 4 fully saturated rings. The van der Waals surface area contributed by atoms with E-state index in [1.807, 2.05) is 0 Å². The molecule has 2 N–H and O–H groups in total. The van der Waals surface area contributed by atoms with Gasteiger partial charge in [-0.1, -0.05) is 6.07 Å². The van der Waals surface area contributed by atoms with Crippen molar-refractivity contribution in [1.82, 2.24) is 15.1 Å². The molecule has 2 aromatic rings. The van der Waals surface area contributed by atoms with E-state index in [2.05, 4.69) is 15.7 Å². The number of benzene rings is 1. The number of ether oxygens (including phenoxy) is 2. The molecule has 7 nitrogen and oxygen atoms in total. The molecule has 10 heteroatoms. The third-order valence-corrected chi connectivity index (χ3v) is 9.01. The quantitative estimate of drug-likeness (QED) is 0.600. The van der Waals surface area contributed by atoms with Crippen LogP contribution in [0.15, 0.2) is 24.3 Å². The maximum absolute atomic E-state index is 14.1. The molecule has 6 aliphatic rings. The van der Waals surface area contributed by atoms with Crippen molar-refractivity contribution < 1.29 is 27.4 Å². The van der Waals surface area contributed by atoms with Crippen LogP contribution in [0.25, 0.3) is 0 Å². The first-order valence-corrected chi connectivity index (χ1v) is 12.9. The predicted molar refractivity (Wildman–Crippen MR) is 124 cm³/mol. The Labute approximate surface area is 206 Å². The fraction of sp³-hybridized carbons (Fsp3) is 0.615. The van der Waals surface area contributed by atoms with Crippen LogP contribution in [0.5, 0.6) is 11.5 Å². The summed E-state index contributed by atoms with van der Waals surface area (Å²) >= 11 is 0. The molecule has 1 amide bonds. The zero-order chi connectivity index (χ0) is 24.7. The zero-order valence-electron chi connectivity index (χ0n) is 19.8. The number of alkyl halides is 3. The number of nitrogens with one attached hydrogen (secondary N) is 2. The molecule has 8 rings (SSSR count). The number of rotatable bonds is 4. The van der Waals surface area contributed by atoms with Crippen LogP contribution in [0.4, 0.5) is 19.0 Å². The molecule has 3 heterocycles. The Morgan fingerprint density at radius 3 is 2.44 bits per heavy atom. The molecule has 2 atom stereocenters. The molecule has 1 aromatic heterocycles. The summed E-state index contributed by atoms with van der Waals surface area (Å²) in [4.78, 5) is 13.1. The van der Waals surface area contributed by atoms with E-state index < -0.39 is 24.2 Å². The van der Waals surface area contributed by atoms with E-state index in [4.69, 9.17) is 9.47 Å². The highest BCUT2D eigenvalue weighted by Gasteiger charge is 2.51. The lowest BCUT2D eigenvalue weighted by Crippen LogP contribution is -2.51. The molecule has 4 bridgehead atoms. The second-order valence-electron chi connectivity index (χ2n) is 11.6. The lowest BCUT2D eigenvalue weighted by molar-refractivity contribution is -0.173. The smallest absolute Gasteiger partial charge is 0.410 e. The van der Waals surface area contributed by atoms with Crippen LogP contribution in [-0.2, 0) is 0 Å². The van der Waals surface area contributed by atoms with Crippen LogP contribution in [0.1, 0.15) is 73.1 Å². The van der Waals surface area contributed by atoms with Gasteiger partial charge in [-0.2, -0.15) is 18.3 Å². The first-order valence-electron chi connectivity index (χ1n) is 12.9. The predicted octanol–water partition coefficient (Wildman–Crippen LogP) is 5.22. The average Bonchev–Trinajstić information content (AvgIpc) is 3.47. The van der Waals surface area contributed by atoms with Gasteiger partial charge in [0.1, 0.15) is 5.82 Å². The number of halogens is 3. The molecule has 0 spiro atoms. The minimum absolute atomic E-state index is 0.0165. The van der Waals surface area contributed by atoms with Crippen LogP contribution in [0.3, 0.4) is 0 Å². The topological polar surface area (TPSA) is 77.4 Å². The fourth-order valence-electron chi connectivity index (χ4n) is 7.90. The van der Waals surface area contributed by atoms with Gasteiger partial charge in [0.05, 0.1) is 6.04 Å². The summed E-state index contributed by atoms with van der Waals surface area (Å²) in [6.07, 6.45) is 2.63. The molecule has 1 aromatic carbocycles. The van der Waals surface area contributed by atoms with Crippen molar-refractivity contribution in [1.29, 1.82) is 0 Å². The monoisotopic (exact) mass is 502 g/mol. The molecule has 192 valence electrons. The highest BCUT2D eigenvalue weighted by atomic mass is 19.4. The Hall–Kier alpha value is -2.91. The first-order chi connectivity index (χ1) is 17.2. The number of nitrogens with zero attached hydrogens (tertiary/aromatic N) is 2. The van der Waals surface area contributed by atoms with Crippen LogP contribution < -0.4 is 20.1 Å². The maximum atomic E-state index is 14.1. The van der Waals surface area contributed by atoms with Crippen LogP contribution in [-0.4, -0.2) is 35.2 Å². The van der Waals surface area contributed by atoms with Crippen LogP contribution in [0.2, 0.25) is 0 Å². The lowest BCUT2D eigenvalue weighted by Gasteiger charge is -2.56. The normalized spacial score (nSPS) is 33.8. The average molecular weight is 503 g/mol. The first kappa shape index (κ1) is 22.3. The molecule has 0 radical (unpaired) electrons. The second-order valence-corrected chi connectivity index (χ2v) is 11.6. The van der Waals surface area contributed by atoms with Crippen molar-refractivity contribution >= 4 is 11.7 Å². The van der Waals surface area contributed by atoms with Crippen molar-refractivity contribution in [2.45, 2.75) is 63.2 Å². The van der Waals surface area contributed by atoms with Crippen molar-refractivity contribution in [2.75, 3.05) is 18.7 Å². The molecule has 0 unspecified atom stereocenters. The van der Waals surface area contributed by atoms with Gasteiger partial charge in [0.25, 0.3) is 5.91 Å². The minimum atomic E-state index is -4.51. The number of amides is 1. The van der Waals surface area contributed by atoms with Crippen molar-refractivity contribution in [3.8, 4) is 11.5 Å². The van der Waals surface area contributed by atoms with Gasteiger partial charge in [-0.05, 0) is 79.4 Å². The summed E-state index contributed by atoms with van der Waals surface area (Å²) < 4.78 is 53.9. The van der Waals surface area contributed by atoms with Gasteiger partial charge in [-0.25, -0.2) is 4.68 Å². The van der Waals surface area contributed by atoms with Gasteiger partial charge >= 0.3 is 6.18 Å². The van der Waals surface area contributed by atoms with E-state index in [1.165, 1.54) is 25.3 Å². The number of anilines is 1. The minimum Gasteiger partial charge on any atom is -0.454 e. The third-order valence-electron chi connectivity index (χ3n) is 9.01. The standard InChI is InChI=1S/C26H29F3N4O3/c27-26(28,29)22-7-18(17-1-2-20-21(6-17)36-13-35-20)31-23-8-19(32-33(22)23)24(34)30-12-25-9-14-3-15(10-25)5-16(4-14)11-25/h1-2,6,8,14-16,18,22,31H,3-5,7,9-13H2,(H,30,34)/t14?,15?,16?,18-,22+,25?/m0/s1. The Morgan fingerprint density at radius 2 is 1.75 bits per heavy atom.